The standard InChI is InChI=1S/C13H8Cl3N/c14-10-5-11(15)7-12(6-10)17-8-9-3-1-2-4-13(9)16/h1-8H. The molecule has 86 valence electrons. The highest BCUT2D eigenvalue weighted by Gasteiger charge is 1.97. The van der Waals surface area contributed by atoms with Crippen LogP contribution in [-0.2, 0) is 0 Å². The molecular weight excluding hydrogens is 277 g/mol. The van der Waals surface area contributed by atoms with Crippen LogP contribution in [0.1, 0.15) is 5.56 Å². The van der Waals surface area contributed by atoms with E-state index in [1.165, 1.54) is 0 Å². The third-order valence-corrected chi connectivity index (χ3v) is 2.89. The van der Waals surface area contributed by atoms with Crippen molar-refractivity contribution in [1.82, 2.24) is 0 Å². The van der Waals surface area contributed by atoms with Crippen LogP contribution in [0.2, 0.25) is 15.1 Å². The van der Waals surface area contributed by atoms with Crippen LogP contribution in [0, 0.1) is 0 Å². The Morgan fingerprint density at radius 3 is 2.18 bits per heavy atom. The van der Waals surface area contributed by atoms with E-state index < -0.39 is 0 Å². The van der Waals surface area contributed by atoms with Gasteiger partial charge in [0.2, 0.25) is 0 Å². The second-order valence-electron chi connectivity index (χ2n) is 3.41. The summed E-state index contributed by atoms with van der Waals surface area (Å²) in [4.78, 5) is 4.28. The first-order valence-electron chi connectivity index (χ1n) is 4.90. The fraction of sp³-hybridized carbons (Fsp3) is 0. The van der Waals surface area contributed by atoms with Crippen LogP contribution in [0.3, 0.4) is 0 Å². The van der Waals surface area contributed by atoms with Gasteiger partial charge in [0.15, 0.2) is 0 Å². The lowest BCUT2D eigenvalue weighted by Gasteiger charge is -1.98. The van der Waals surface area contributed by atoms with Crippen molar-refractivity contribution in [3.05, 3.63) is 63.1 Å². The van der Waals surface area contributed by atoms with Gasteiger partial charge in [-0.05, 0) is 24.3 Å². The average molecular weight is 285 g/mol. The summed E-state index contributed by atoms with van der Waals surface area (Å²) in [6.07, 6.45) is 1.68. The molecule has 0 aromatic heterocycles. The van der Waals surface area contributed by atoms with Crippen molar-refractivity contribution in [2.45, 2.75) is 0 Å². The molecule has 17 heavy (non-hydrogen) atoms. The summed E-state index contributed by atoms with van der Waals surface area (Å²) in [5.41, 5.74) is 1.55. The molecular formula is C13H8Cl3N. The third kappa shape index (κ3) is 3.47. The van der Waals surface area contributed by atoms with Crippen molar-refractivity contribution in [2.24, 2.45) is 4.99 Å². The monoisotopic (exact) mass is 283 g/mol. The van der Waals surface area contributed by atoms with E-state index in [1.54, 1.807) is 24.4 Å². The van der Waals surface area contributed by atoms with Gasteiger partial charge in [-0.2, -0.15) is 0 Å². The Balaban J connectivity index is 2.29. The summed E-state index contributed by atoms with van der Waals surface area (Å²) in [6, 6.07) is 12.6. The predicted molar refractivity (Wildman–Crippen MR) is 75.2 cm³/mol. The van der Waals surface area contributed by atoms with Crippen LogP contribution in [0.4, 0.5) is 5.69 Å². The maximum Gasteiger partial charge on any atom is 0.0659 e. The molecule has 0 radical (unpaired) electrons. The smallest absolute Gasteiger partial charge is 0.0659 e. The second-order valence-corrected chi connectivity index (χ2v) is 4.69. The summed E-state index contributed by atoms with van der Waals surface area (Å²) in [5.74, 6) is 0. The molecule has 0 aliphatic heterocycles. The Bertz CT molecular complexity index is 544. The Kier molecular flexibility index (Phi) is 4.06. The van der Waals surface area contributed by atoms with Crippen molar-refractivity contribution < 1.29 is 0 Å². The van der Waals surface area contributed by atoms with E-state index in [0.717, 1.165) is 5.56 Å². The highest BCUT2D eigenvalue weighted by atomic mass is 35.5. The molecule has 0 atom stereocenters. The molecule has 0 aliphatic rings. The molecule has 0 amide bonds. The van der Waals surface area contributed by atoms with Crippen molar-refractivity contribution in [1.29, 1.82) is 0 Å². The molecule has 0 saturated heterocycles. The summed E-state index contributed by atoms with van der Waals surface area (Å²) in [7, 11) is 0. The van der Waals surface area contributed by atoms with Crippen LogP contribution in [0.25, 0.3) is 0 Å². The van der Waals surface area contributed by atoms with Crippen LogP contribution in [0.15, 0.2) is 47.5 Å². The number of halogens is 3. The molecule has 1 nitrogen and oxygen atoms in total. The highest BCUT2D eigenvalue weighted by Crippen LogP contribution is 2.24. The highest BCUT2D eigenvalue weighted by molar-refractivity contribution is 6.35. The minimum Gasteiger partial charge on any atom is -0.256 e. The van der Waals surface area contributed by atoms with Crippen LogP contribution < -0.4 is 0 Å². The van der Waals surface area contributed by atoms with E-state index in [1.807, 2.05) is 24.3 Å². The number of nitrogens with zero attached hydrogens (tertiary/aromatic N) is 1. The number of hydrogen-bond donors (Lipinski definition) is 0. The molecule has 0 saturated carbocycles. The quantitative estimate of drug-likeness (QED) is 0.655. The van der Waals surface area contributed by atoms with Crippen LogP contribution >= 0.6 is 34.8 Å². The Hall–Kier alpha value is -1.02. The first-order chi connectivity index (χ1) is 8.15. The van der Waals surface area contributed by atoms with E-state index in [0.29, 0.717) is 20.8 Å². The summed E-state index contributed by atoms with van der Waals surface area (Å²) < 4.78 is 0. The van der Waals surface area contributed by atoms with Gasteiger partial charge >= 0.3 is 0 Å². The SMILES string of the molecule is Clc1cc(Cl)cc(N=Cc2ccccc2Cl)c1. The van der Waals surface area contributed by atoms with E-state index >= 15 is 0 Å². The normalized spacial score (nSPS) is 11.0. The van der Waals surface area contributed by atoms with Gasteiger partial charge in [-0.25, -0.2) is 0 Å². The molecule has 2 aromatic carbocycles. The summed E-state index contributed by atoms with van der Waals surface area (Å²) in [5, 5.41) is 1.77. The van der Waals surface area contributed by atoms with Gasteiger partial charge < -0.3 is 0 Å². The predicted octanol–water partition coefficient (Wildman–Crippen LogP) is 5.40. The Morgan fingerprint density at radius 2 is 1.53 bits per heavy atom. The van der Waals surface area contributed by atoms with Crippen molar-refractivity contribution in [3.8, 4) is 0 Å². The van der Waals surface area contributed by atoms with Crippen molar-refractivity contribution in [2.75, 3.05) is 0 Å². The molecule has 0 bridgehead atoms. The molecule has 2 aromatic rings. The van der Waals surface area contributed by atoms with Gasteiger partial charge in [0.05, 0.1) is 5.69 Å². The fourth-order valence-electron chi connectivity index (χ4n) is 1.34. The Labute approximate surface area is 115 Å². The number of rotatable bonds is 2. The largest absolute Gasteiger partial charge is 0.256 e. The fourth-order valence-corrected chi connectivity index (χ4v) is 2.04. The minimum atomic E-state index is 0.559. The maximum atomic E-state index is 6.01. The lowest BCUT2D eigenvalue weighted by atomic mass is 10.2. The first-order valence-corrected chi connectivity index (χ1v) is 6.03. The van der Waals surface area contributed by atoms with E-state index in [2.05, 4.69) is 4.99 Å². The number of hydrogen-bond acceptors (Lipinski definition) is 1. The zero-order chi connectivity index (χ0) is 12.3. The Morgan fingerprint density at radius 1 is 0.882 bits per heavy atom. The molecule has 4 heteroatoms. The van der Waals surface area contributed by atoms with Gasteiger partial charge in [-0.3, -0.25) is 4.99 Å². The second kappa shape index (κ2) is 5.54. The van der Waals surface area contributed by atoms with Crippen LogP contribution in [0.5, 0.6) is 0 Å². The average Bonchev–Trinajstić information content (AvgIpc) is 2.27. The first kappa shape index (κ1) is 12.4. The topological polar surface area (TPSA) is 12.4 Å². The molecule has 0 unspecified atom stereocenters. The minimum absolute atomic E-state index is 0.559. The maximum absolute atomic E-state index is 6.01. The van der Waals surface area contributed by atoms with E-state index in [9.17, 15) is 0 Å². The number of aliphatic imine (C=N–C) groups is 1. The summed E-state index contributed by atoms with van der Waals surface area (Å²) >= 11 is 17.8. The van der Waals surface area contributed by atoms with Crippen LogP contribution in [-0.4, -0.2) is 6.21 Å². The van der Waals surface area contributed by atoms with Crippen molar-refractivity contribution >= 4 is 46.7 Å². The molecule has 2 rings (SSSR count). The van der Waals surface area contributed by atoms with Crippen molar-refractivity contribution in [3.63, 3.8) is 0 Å². The van der Waals surface area contributed by atoms with Gasteiger partial charge in [0.1, 0.15) is 0 Å². The van der Waals surface area contributed by atoms with Gasteiger partial charge in [-0.15, -0.1) is 0 Å². The molecule has 0 spiro atoms. The lowest BCUT2D eigenvalue weighted by Crippen LogP contribution is -1.81. The zero-order valence-electron chi connectivity index (χ0n) is 8.70. The zero-order valence-corrected chi connectivity index (χ0v) is 11.0. The third-order valence-electron chi connectivity index (χ3n) is 2.11. The molecule has 0 heterocycles. The molecule has 0 fully saturated rings. The number of benzene rings is 2. The van der Waals surface area contributed by atoms with E-state index in [-0.39, 0.29) is 0 Å². The van der Waals surface area contributed by atoms with Gasteiger partial charge in [0.25, 0.3) is 0 Å². The van der Waals surface area contributed by atoms with Gasteiger partial charge in [0, 0.05) is 26.8 Å². The molecule has 0 N–H and O–H groups in total. The molecule has 0 aliphatic carbocycles. The summed E-state index contributed by atoms with van der Waals surface area (Å²) in [6.45, 7) is 0. The van der Waals surface area contributed by atoms with Gasteiger partial charge in [-0.1, -0.05) is 53.0 Å². The lowest BCUT2D eigenvalue weighted by molar-refractivity contribution is 1.52. The van der Waals surface area contributed by atoms with E-state index in [4.69, 9.17) is 34.8 Å².